The summed E-state index contributed by atoms with van der Waals surface area (Å²) in [5.74, 6) is 0. The fourth-order valence-electron chi connectivity index (χ4n) is 1.99. The van der Waals surface area contributed by atoms with Gasteiger partial charge in [0.15, 0.2) is 0 Å². The van der Waals surface area contributed by atoms with Crippen LogP contribution in [0.15, 0.2) is 24.3 Å². The molecule has 84 valence electrons. The molecule has 0 aliphatic heterocycles. The van der Waals surface area contributed by atoms with E-state index in [1.807, 2.05) is 12.1 Å². The van der Waals surface area contributed by atoms with E-state index in [1.54, 1.807) is 12.1 Å². The third-order valence-corrected chi connectivity index (χ3v) is 3.57. The summed E-state index contributed by atoms with van der Waals surface area (Å²) in [5.41, 5.74) is 1.59. The molecule has 0 heterocycles. The Bertz CT molecular complexity index is 417. The number of nitrogens with zero attached hydrogens (tertiary/aromatic N) is 1. The second kappa shape index (κ2) is 3.80. The normalized spacial score (nSPS) is 26.6. The number of anilines is 1. The molecule has 1 fully saturated rings. The van der Waals surface area contributed by atoms with Gasteiger partial charge < -0.3 is 10.4 Å². The molecule has 1 saturated carbocycles. The first-order chi connectivity index (χ1) is 7.54. The number of hydrogen-bond donors (Lipinski definition) is 2. The maximum atomic E-state index is 9.62. The summed E-state index contributed by atoms with van der Waals surface area (Å²) < 4.78 is 0. The molecular weight excluding hydrogens is 200 g/mol. The average molecular weight is 216 g/mol. The summed E-state index contributed by atoms with van der Waals surface area (Å²) in [5, 5.41) is 21.7. The van der Waals surface area contributed by atoms with Gasteiger partial charge in [0.1, 0.15) is 0 Å². The Morgan fingerprint density at radius 3 is 2.44 bits per heavy atom. The molecule has 0 spiro atoms. The van der Waals surface area contributed by atoms with Crippen LogP contribution in [0.3, 0.4) is 0 Å². The van der Waals surface area contributed by atoms with Gasteiger partial charge in [-0.15, -0.1) is 0 Å². The van der Waals surface area contributed by atoms with Crippen LogP contribution in [0, 0.1) is 16.7 Å². The van der Waals surface area contributed by atoms with Crippen LogP contribution in [0.25, 0.3) is 0 Å². The summed E-state index contributed by atoms with van der Waals surface area (Å²) in [4.78, 5) is 0. The van der Waals surface area contributed by atoms with Crippen molar-refractivity contribution in [1.29, 1.82) is 5.26 Å². The predicted octanol–water partition coefficient (Wildman–Crippen LogP) is 2.13. The number of nitrogens with one attached hydrogen (secondary N) is 1. The molecule has 0 radical (unpaired) electrons. The van der Waals surface area contributed by atoms with Crippen LogP contribution < -0.4 is 5.32 Å². The highest BCUT2D eigenvalue weighted by molar-refractivity contribution is 5.48. The van der Waals surface area contributed by atoms with E-state index >= 15 is 0 Å². The smallest absolute Gasteiger partial charge is 0.0991 e. The fraction of sp³-hybridized carbons (Fsp3) is 0.462. The van der Waals surface area contributed by atoms with Crippen molar-refractivity contribution in [3.8, 4) is 6.07 Å². The van der Waals surface area contributed by atoms with E-state index in [0.717, 1.165) is 12.1 Å². The lowest BCUT2D eigenvalue weighted by molar-refractivity contribution is -0.0510. The first-order valence-corrected chi connectivity index (χ1v) is 5.49. The molecule has 0 aromatic heterocycles. The van der Waals surface area contributed by atoms with Crippen LogP contribution in [0.5, 0.6) is 0 Å². The maximum absolute atomic E-state index is 9.62. The maximum Gasteiger partial charge on any atom is 0.0991 e. The van der Waals surface area contributed by atoms with Crippen molar-refractivity contribution in [3.63, 3.8) is 0 Å². The standard InChI is InChI=1S/C13H16N2O/c1-13(2)11(7-12(13)16)15-10-5-3-9(8-14)4-6-10/h3-6,11-12,15-16H,7H2,1-2H3. The van der Waals surface area contributed by atoms with Gasteiger partial charge in [0.2, 0.25) is 0 Å². The number of hydrogen-bond acceptors (Lipinski definition) is 3. The first-order valence-electron chi connectivity index (χ1n) is 5.49. The Labute approximate surface area is 95.7 Å². The molecule has 2 N–H and O–H groups in total. The molecule has 2 unspecified atom stereocenters. The summed E-state index contributed by atoms with van der Waals surface area (Å²) in [6.07, 6.45) is 0.566. The largest absolute Gasteiger partial charge is 0.392 e. The number of nitriles is 1. The molecule has 2 atom stereocenters. The van der Waals surface area contributed by atoms with Crippen molar-refractivity contribution in [2.75, 3.05) is 5.32 Å². The van der Waals surface area contributed by atoms with Crippen molar-refractivity contribution >= 4 is 5.69 Å². The minimum absolute atomic E-state index is 0.0755. The first kappa shape index (κ1) is 11.0. The lowest BCUT2D eigenvalue weighted by Gasteiger charge is -2.49. The summed E-state index contributed by atoms with van der Waals surface area (Å²) in [6, 6.07) is 9.79. The monoisotopic (exact) mass is 216 g/mol. The second-order valence-corrected chi connectivity index (χ2v) is 4.96. The Morgan fingerprint density at radius 1 is 1.38 bits per heavy atom. The number of aliphatic hydroxyl groups excluding tert-OH is 1. The van der Waals surface area contributed by atoms with Crippen LogP contribution in [0.1, 0.15) is 25.8 Å². The molecule has 16 heavy (non-hydrogen) atoms. The van der Waals surface area contributed by atoms with E-state index in [0.29, 0.717) is 11.6 Å². The van der Waals surface area contributed by atoms with Crippen LogP contribution in [-0.2, 0) is 0 Å². The van der Waals surface area contributed by atoms with Gasteiger partial charge in [0.05, 0.1) is 17.7 Å². The van der Waals surface area contributed by atoms with E-state index in [9.17, 15) is 5.11 Å². The number of rotatable bonds is 2. The topological polar surface area (TPSA) is 56.0 Å². The fourth-order valence-corrected chi connectivity index (χ4v) is 1.99. The lowest BCUT2D eigenvalue weighted by Crippen LogP contribution is -2.56. The molecular formula is C13H16N2O. The molecule has 1 aliphatic carbocycles. The van der Waals surface area contributed by atoms with Crippen LogP contribution in [-0.4, -0.2) is 17.3 Å². The van der Waals surface area contributed by atoms with E-state index in [-0.39, 0.29) is 11.5 Å². The van der Waals surface area contributed by atoms with Crippen LogP contribution in [0.2, 0.25) is 0 Å². The molecule has 3 nitrogen and oxygen atoms in total. The molecule has 0 saturated heterocycles. The van der Waals surface area contributed by atoms with Gasteiger partial charge in [0.25, 0.3) is 0 Å². The van der Waals surface area contributed by atoms with Gasteiger partial charge >= 0.3 is 0 Å². The van der Waals surface area contributed by atoms with E-state index in [4.69, 9.17) is 5.26 Å². The van der Waals surface area contributed by atoms with Gasteiger partial charge in [-0.05, 0) is 30.7 Å². The quantitative estimate of drug-likeness (QED) is 0.796. The minimum Gasteiger partial charge on any atom is -0.392 e. The Morgan fingerprint density at radius 2 is 2.00 bits per heavy atom. The lowest BCUT2D eigenvalue weighted by atomic mass is 9.64. The van der Waals surface area contributed by atoms with Gasteiger partial charge in [-0.3, -0.25) is 0 Å². The zero-order valence-electron chi connectivity index (χ0n) is 9.57. The summed E-state index contributed by atoms with van der Waals surface area (Å²) in [7, 11) is 0. The van der Waals surface area contributed by atoms with Crippen molar-refractivity contribution < 1.29 is 5.11 Å². The highest BCUT2D eigenvalue weighted by Gasteiger charge is 2.47. The minimum atomic E-state index is -0.219. The third-order valence-electron chi connectivity index (χ3n) is 3.57. The highest BCUT2D eigenvalue weighted by Crippen LogP contribution is 2.42. The Balaban J connectivity index is 2.03. The summed E-state index contributed by atoms with van der Waals surface area (Å²) >= 11 is 0. The zero-order chi connectivity index (χ0) is 11.8. The van der Waals surface area contributed by atoms with Gasteiger partial charge in [-0.25, -0.2) is 0 Å². The average Bonchev–Trinajstić information content (AvgIpc) is 2.29. The van der Waals surface area contributed by atoms with Gasteiger partial charge in [-0.2, -0.15) is 5.26 Å². The van der Waals surface area contributed by atoms with Crippen LogP contribution >= 0.6 is 0 Å². The number of aliphatic hydroxyl groups is 1. The van der Waals surface area contributed by atoms with E-state index in [1.165, 1.54) is 0 Å². The predicted molar refractivity (Wildman–Crippen MR) is 63.0 cm³/mol. The zero-order valence-corrected chi connectivity index (χ0v) is 9.57. The molecule has 2 rings (SSSR count). The molecule has 1 aliphatic rings. The van der Waals surface area contributed by atoms with E-state index in [2.05, 4.69) is 25.2 Å². The van der Waals surface area contributed by atoms with Gasteiger partial charge in [0, 0.05) is 17.1 Å². The third kappa shape index (κ3) is 1.77. The van der Waals surface area contributed by atoms with Crippen molar-refractivity contribution in [3.05, 3.63) is 29.8 Å². The SMILES string of the molecule is CC1(C)C(O)CC1Nc1ccc(C#N)cc1. The molecule has 0 amide bonds. The molecule has 1 aromatic rings. The Hall–Kier alpha value is -1.53. The van der Waals surface area contributed by atoms with Gasteiger partial charge in [-0.1, -0.05) is 13.8 Å². The summed E-state index contributed by atoms with van der Waals surface area (Å²) in [6.45, 7) is 4.12. The van der Waals surface area contributed by atoms with Crippen molar-refractivity contribution in [1.82, 2.24) is 0 Å². The molecule has 1 aromatic carbocycles. The van der Waals surface area contributed by atoms with Crippen molar-refractivity contribution in [2.24, 2.45) is 5.41 Å². The second-order valence-electron chi connectivity index (χ2n) is 4.96. The highest BCUT2D eigenvalue weighted by atomic mass is 16.3. The van der Waals surface area contributed by atoms with E-state index < -0.39 is 0 Å². The molecule has 0 bridgehead atoms. The van der Waals surface area contributed by atoms with Crippen molar-refractivity contribution in [2.45, 2.75) is 32.4 Å². The van der Waals surface area contributed by atoms with Crippen LogP contribution in [0.4, 0.5) is 5.69 Å². The number of benzene rings is 1. The Kier molecular flexibility index (Phi) is 2.61. The molecule has 3 heteroatoms.